The highest BCUT2D eigenvalue weighted by Crippen LogP contribution is 2.28. The van der Waals surface area contributed by atoms with Crippen LogP contribution in [0.25, 0.3) is 0 Å². The van der Waals surface area contributed by atoms with Crippen LogP contribution in [0.3, 0.4) is 0 Å². The normalized spacial score (nSPS) is 10.0. The highest BCUT2D eigenvalue weighted by Gasteiger charge is 2.05. The largest absolute Gasteiger partial charge is 0.343 e. The van der Waals surface area contributed by atoms with Gasteiger partial charge in [-0.15, -0.1) is 12.6 Å². The summed E-state index contributed by atoms with van der Waals surface area (Å²) in [6.45, 7) is 0. The second kappa shape index (κ2) is 4.41. The maximum Gasteiger partial charge on any atom is 0.0543 e. The van der Waals surface area contributed by atoms with E-state index in [2.05, 4.69) is 23.6 Å². The van der Waals surface area contributed by atoms with Crippen LogP contribution in [0, 0.1) is 6.07 Å². The lowest BCUT2D eigenvalue weighted by Crippen LogP contribution is -2.09. The molecule has 0 aromatic heterocycles. The number of thiol groups is 1. The lowest BCUT2D eigenvalue weighted by Gasteiger charge is -2.20. The fraction of sp³-hybridized carbons (Fsp3) is 0.0769. The van der Waals surface area contributed by atoms with Crippen molar-refractivity contribution in [2.24, 2.45) is 0 Å². The van der Waals surface area contributed by atoms with Crippen molar-refractivity contribution in [3.8, 4) is 0 Å². The number of rotatable bonds is 2. The Morgan fingerprint density at radius 3 is 2.47 bits per heavy atom. The molecule has 1 radical (unpaired) electrons. The van der Waals surface area contributed by atoms with E-state index < -0.39 is 0 Å². The SMILES string of the molecule is CN(c1[c]cccc1)c1ccccc1S. The lowest BCUT2D eigenvalue weighted by atomic mass is 10.2. The molecule has 0 saturated carbocycles. The van der Waals surface area contributed by atoms with Crippen LogP contribution in [-0.4, -0.2) is 7.05 Å². The zero-order valence-electron chi connectivity index (χ0n) is 8.51. The van der Waals surface area contributed by atoms with Crippen molar-refractivity contribution in [2.45, 2.75) is 4.90 Å². The highest BCUT2D eigenvalue weighted by molar-refractivity contribution is 7.80. The Bertz CT molecular complexity index is 439. The van der Waals surface area contributed by atoms with E-state index >= 15 is 0 Å². The van der Waals surface area contributed by atoms with E-state index in [0.717, 1.165) is 16.3 Å². The summed E-state index contributed by atoms with van der Waals surface area (Å²) in [4.78, 5) is 3.04. The summed E-state index contributed by atoms with van der Waals surface area (Å²) in [5, 5.41) is 0. The van der Waals surface area contributed by atoms with Crippen molar-refractivity contribution >= 4 is 24.0 Å². The second-order valence-electron chi connectivity index (χ2n) is 3.30. The van der Waals surface area contributed by atoms with E-state index in [1.54, 1.807) is 0 Å². The molecule has 0 amide bonds. The Morgan fingerprint density at radius 1 is 1.07 bits per heavy atom. The highest BCUT2D eigenvalue weighted by atomic mass is 32.1. The van der Waals surface area contributed by atoms with Crippen LogP contribution < -0.4 is 4.90 Å². The third-order valence-electron chi connectivity index (χ3n) is 2.30. The number of hydrogen-bond donors (Lipinski definition) is 1. The molecule has 0 saturated heterocycles. The molecule has 2 aromatic carbocycles. The Morgan fingerprint density at radius 2 is 1.80 bits per heavy atom. The van der Waals surface area contributed by atoms with Gasteiger partial charge in [-0.1, -0.05) is 30.3 Å². The minimum absolute atomic E-state index is 0.970. The molecule has 2 aromatic rings. The van der Waals surface area contributed by atoms with Crippen LogP contribution in [0.2, 0.25) is 0 Å². The molecule has 15 heavy (non-hydrogen) atoms. The topological polar surface area (TPSA) is 3.24 Å². The zero-order chi connectivity index (χ0) is 10.7. The molecule has 0 atom stereocenters. The Kier molecular flexibility index (Phi) is 2.97. The van der Waals surface area contributed by atoms with Crippen LogP contribution in [-0.2, 0) is 0 Å². The van der Waals surface area contributed by atoms with Crippen LogP contribution in [0.4, 0.5) is 11.4 Å². The fourth-order valence-corrected chi connectivity index (χ4v) is 1.78. The summed E-state index contributed by atoms with van der Waals surface area (Å²) >= 11 is 4.43. The first-order valence-corrected chi connectivity index (χ1v) is 5.22. The van der Waals surface area contributed by atoms with Gasteiger partial charge in [0.25, 0.3) is 0 Å². The summed E-state index contributed by atoms with van der Waals surface area (Å²) < 4.78 is 0. The third-order valence-corrected chi connectivity index (χ3v) is 2.68. The number of para-hydroxylation sites is 2. The van der Waals surface area contributed by atoms with Crippen LogP contribution in [0.15, 0.2) is 53.4 Å². The standard InChI is InChI=1S/C13H12NS/c1-14(11-7-3-2-4-8-11)12-9-5-6-10-13(12)15/h2-7,9-10,15H,1H3. The van der Waals surface area contributed by atoms with E-state index in [4.69, 9.17) is 0 Å². The van der Waals surface area contributed by atoms with E-state index in [1.807, 2.05) is 55.6 Å². The van der Waals surface area contributed by atoms with Gasteiger partial charge in [-0.3, -0.25) is 0 Å². The van der Waals surface area contributed by atoms with Crippen LogP contribution in [0.5, 0.6) is 0 Å². The molecule has 0 aliphatic rings. The second-order valence-corrected chi connectivity index (χ2v) is 3.78. The molecule has 0 bridgehead atoms. The number of hydrogen-bond acceptors (Lipinski definition) is 2. The number of anilines is 2. The summed E-state index contributed by atoms with van der Waals surface area (Å²) in [6, 6.07) is 19.1. The lowest BCUT2D eigenvalue weighted by molar-refractivity contribution is 1.17. The van der Waals surface area contributed by atoms with Crippen LogP contribution in [0.1, 0.15) is 0 Å². The Labute approximate surface area is 95.8 Å². The number of benzene rings is 2. The third kappa shape index (κ3) is 2.16. The van der Waals surface area contributed by atoms with Gasteiger partial charge in [0.05, 0.1) is 5.69 Å². The Hall–Kier alpha value is -1.41. The van der Waals surface area contributed by atoms with Gasteiger partial charge < -0.3 is 4.90 Å². The van der Waals surface area contributed by atoms with Crippen molar-refractivity contribution in [3.05, 3.63) is 54.6 Å². The van der Waals surface area contributed by atoms with E-state index in [9.17, 15) is 0 Å². The number of nitrogens with zero attached hydrogens (tertiary/aromatic N) is 1. The summed E-state index contributed by atoms with van der Waals surface area (Å²) in [5.41, 5.74) is 2.13. The van der Waals surface area contributed by atoms with Crippen molar-refractivity contribution in [2.75, 3.05) is 11.9 Å². The molecule has 0 N–H and O–H groups in total. The van der Waals surface area contributed by atoms with Gasteiger partial charge in [0, 0.05) is 23.7 Å². The molecular formula is C13H12NS. The molecule has 75 valence electrons. The summed E-state index contributed by atoms with van der Waals surface area (Å²) in [5.74, 6) is 0. The maximum atomic E-state index is 4.43. The molecule has 0 aliphatic heterocycles. The molecule has 0 aliphatic carbocycles. The first-order valence-electron chi connectivity index (χ1n) is 4.77. The average molecular weight is 214 g/mol. The van der Waals surface area contributed by atoms with Gasteiger partial charge in [0.15, 0.2) is 0 Å². The Balaban J connectivity index is 2.37. The fourth-order valence-electron chi connectivity index (χ4n) is 1.47. The van der Waals surface area contributed by atoms with Gasteiger partial charge in [0.2, 0.25) is 0 Å². The van der Waals surface area contributed by atoms with Gasteiger partial charge in [0.1, 0.15) is 0 Å². The summed E-state index contributed by atoms with van der Waals surface area (Å²) in [7, 11) is 2.01. The smallest absolute Gasteiger partial charge is 0.0543 e. The van der Waals surface area contributed by atoms with Gasteiger partial charge in [-0.25, -0.2) is 0 Å². The van der Waals surface area contributed by atoms with E-state index in [1.165, 1.54) is 0 Å². The average Bonchev–Trinajstić information content (AvgIpc) is 2.30. The predicted octanol–water partition coefficient (Wildman–Crippen LogP) is 3.54. The first-order chi connectivity index (χ1) is 7.29. The van der Waals surface area contributed by atoms with Crippen molar-refractivity contribution in [3.63, 3.8) is 0 Å². The molecule has 1 nitrogen and oxygen atoms in total. The maximum absolute atomic E-state index is 4.43. The minimum atomic E-state index is 0.970. The van der Waals surface area contributed by atoms with Gasteiger partial charge >= 0.3 is 0 Å². The van der Waals surface area contributed by atoms with Crippen molar-refractivity contribution in [1.29, 1.82) is 0 Å². The van der Waals surface area contributed by atoms with Gasteiger partial charge in [-0.2, -0.15) is 0 Å². The molecule has 2 heteroatoms. The quantitative estimate of drug-likeness (QED) is 0.748. The predicted molar refractivity (Wildman–Crippen MR) is 67.0 cm³/mol. The molecule has 0 unspecified atom stereocenters. The van der Waals surface area contributed by atoms with Crippen LogP contribution >= 0.6 is 12.6 Å². The molecular weight excluding hydrogens is 202 g/mol. The van der Waals surface area contributed by atoms with E-state index in [0.29, 0.717) is 0 Å². The summed E-state index contributed by atoms with van der Waals surface area (Å²) in [6.07, 6.45) is 0. The van der Waals surface area contributed by atoms with Crippen molar-refractivity contribution < 1.29 is 0 Å². The molecule has 0 fully saturated rings. The van der Waals surface area contributed by atoms with Crippen molar-refractivity contribution in [1.82, 2.24) is 0 Å². The monoisotopic (exact) mass is 214 g/mol. The van der Waals surface area contributed by atoms with Gasteiger partial charge in [-0.05, 0) is 18.2 Å². The first kappa shape index (κ1) is 10.1. The molecule has 0 spiro atoms. The minimum Gasteiger partial charge on any atom is -0.343 e. The molecule has 0 heterocycles. The molecule has 2 rings (SSSR count). The zero-order valence-corrected chi connectivity index (χ0v) is 9.41. The van der Waals surface area contributed by atoms with E-state index in [-0.39, 0.29) is 0 Å².